The minimum Gasteiger partial charge on any atom is -1.00 e. The van der Waals surface area contributed by atoms with Gasteiger partial charge in [0.25, 0.3) is 0 Å². The van der Waals surface area contributed by atoms with E-state index < -0.39 is 21.3 Å². The summed E-state index contributed by atoms with van der Waals surface area (Å²) < 4.78 is 3.70. The quantitative estimate of drug-likeness (QED) is 0.200. The van der Waals surface area contributed by atoms with Crippen LogP contribution in [0.25, 0.3) is 22.3 Å². The third-order valence-corrected chi connectivity index (χ3v) is 20.5. The maximum atomic E-state index is 2.70. The SMILES string of the molecule is Cc1ccc([C](c2ccc(C)cc2)=[Zr+2]([C]2=CC=CC2)[CH]2c3cc4c(cc3-c3cc5c(cc32)C(C)(C)C=C5C(C)(C)C)C(C(C)(C)C)=CC4(C)C)cc1.[Cl-].[Cl-]. The fraction of sp³-hybridized carbons (Fsp3) is 0.353. The number of hydrogen-bond acceptors (Lipinski definition) is 0. The van der Waals surface area contributed by atoms with Gasteiger partial charge in [0.05, 0.1) is 0 Å². The summed E-state index contributed by atoms with van der Waals surface area (Å²) in [6.45, 7) is 28.5. The predicted octanol–water partition coefficient (Wildman–Crippen LogP) is 7.55. The molecule has 0 bridgehead atoms. The first-order valence-corrected chi connectivity index (χ1v) is 23.3. The van der Waals surface area contributed by atoms with Crippen molar-refractivity contribution in [2.75, 3.05) is 0 Å². The van der Waals surface area contributed by atoms with Crippen molar-refractivity contribution >= 4 is 14.4 Å². The van der Waals surface area contributed by atoms with E-state index in [0.717, 1.165) is 6.42 Å². The minimum absolute atomic E-state index is 0. The Balaban J connectivity index is 0.00000249. The van der Waals surface area contributed by atoms with Gasteiger partial charge in [-0.2, -0.15) is 0 Å². The van der Waals surface area contributed by atoms with Crippen LogP contribution in [-0.4, -0.2) is 3.21 Å². The molecule has 3 heteroatoms. The monoisotopic (exact) mass is 828 g/mol. The van der Waals surface area contributed by atoms with Crippen LogP contribution in [0.1, 0.15) is 135 Å². The first-order chi connectivity index (χ1) is 24.3. The van der Waals surface area contributed by atoms with E-state index >= 15 is 0 Å². The molecule has 0 unspecified atom stereocenters. The summed E-state index contributed by atoms with van der Waals surface area (Å²) in [7, 11) is 0. The number of fused-ring (bicyclic) bond motifs is 5. The Kier molecular flexibility index (Phi) is 10.6. The van der Waals surface area contributed by atoms with Crippen LogP contribution >= 0.6 is 0 Å². The van der Waals surface area contributed by atoms with E-state index in [1.807, 2.05) is 0 Å². The third-order valence-electron chi connectivity index (χ3n) is 12.2. The average Bonchev–Trinajstić information content (AvgIpc) is 3.82. The maximum absolute atomic E-state index is 2.86. The van der Waals surface area contributed by atoms with E-state index in [1.165, 1.54) is 66.8 Å². The van der Waals surface area contributed by atoms with Crippen molar-refractivity contribution in [2.24, 2.45) is 10.8 Å². The molecule has 0 spiro atoms. The first kappa shape index (κ1) is 40.8. The van der Waals surface area contributed by atoms with Crippen molar-refractivity contribution in [3.8, 4) is 11.1 Å². The van der Waals surface area contributed by atoms with E-state index in [-0.39, 0.29) is 46.5 Å². The molecular formula is C51H56Cl2Zr. The molecular weight excluding hydrogens is 775 g/mol. The zero-order chi connectivity index (χ0) is 37.1. The summed E-state index contributed by atoms with van der Waals surface area (Å²) >= 11 is -2.86. The molecule has 8 rings (SSSR count). The second-order valence-corrected chi connectivity index (χ2v) is 25.6. The van der Waals surface area contributed by atoms with Crippen molar-refractivity contribution in [3.63, 3.8) is 0 Å². The van der Waals surface area contributed by atoms with E-state index in [0.29, 0.717) is 3.63 Å². The number of allylic oxidation sites excluding steroid dienone is 8. The zero-order valence-electron chi connectivity index (χ0n) is 34.4. The van der Waals surface area contributed by atoms with Crippen LogP contribution in [0.3, 0.4) is 0 Å². The Labute approximate surface area is 345 Å². The van der Waals surface area contributed by atoms with Crippen LogP contribution in [0.2, 0.25) is 0 Å². The summed E-state index contributed by atoms with van der Waals surface area (Å²) in [5, 5.41) is 0. The molecule has 0 aliphatic heterocycles. The second-order valence-electron chi connectivity index (χ2n) is 19.3. The van der Waals surface area contributed by atoms with E-state index in [9.17, 15) is 0 Å². The molecule has 4 aromatic carbocycles. The molecule has 4 aromatic rings. The van der Waals surface area contributed by atoms with Crippen molar-refractivity contribution in [1.82, 2.24) is 0 Å². The van der Waals surface area contributed by atoms with Crippen LogP contribution < -0.4 is 24.8 Å². The molecule has 0 saturated carbocycles. The molecule has 0 heterocycles. The predicted molar refractivity (Wildman–Crippen MR) is 222 cm³/mol. The van der Waals surface area contributed by atoms with Crippen molar-refractivity contribution in [2.45, 2.75) is 104 Å². The Morgan fingerprint density at radius 3 is 1.35 bits per heavy atom. The molecule has 0 saturated heterocycles. The topological polar surface area (TPSA) is 0 Å². The van der Waals surface area contributed by atoms with Gasteiger partial charge in [-0.05, 0) is 0 Å². The van der Waals surface area contributed by atoms with Crippen molar-refractivity contribution < 1.29 is 46.1 Å². The van der Waals surface area contributed by atoms with Crippen molar-refractivity contribution in [1.29, 1.82) is 0 Å². The smallest absolute Gasteiger partial charge is 1.00 e. The Bertz CT molecular complexity index is 2180. The first-order valence-electron chi connectivity index (χ1n) is 19.4. The molecule has 0 nitrogen and oxygen atoms in total. The molecule has 0 N–H and O–H groups in total. The summed E-state index contributed by atoms with van der Waals surface area (Å²) in [5.74, 6) is 0. The summed E-state index contributed by atoms with van der Waals surface area (Å²) in [6.07, 6.45) is 13.5. The molecule has 0 radical (unpaired) electrons. The number of benzene rings is 4. The van der Waals surface area contributed by atoms with Crippen LogP contribution in [-0.2, 0) is 32.1 Å². The molecule has 54 heavy (non-hydrogen) atoms. The fourth-order valence-electron chi connectivity index (χ4n) is 9.50. The van der Waals surface area contributed by atoms with Crippen LogP contribution in [0, 0.1) is 24.7 Å². The number of rotatable bonds is 4. The molecule has 0 atom stereocenters. The summed E-state index contributed by atoms with van der Waals surface area (Å²) in [5.41, 5.74) is 20.6. The van der Waals surface area contributed by atoms with Crippen LogP contribution in [0.4, 0.5) is 0 Å². The number of halogens is 2. The van der Waals surface area contributed by atoms with Gasteiger partial charge in [-0.3, -0.25) is 0 Å². The van der Waals surface area contributed by atoms with Gasteiger partial charge in [0.15, 0.2) is 0 Å². The Morgan fingerprint density at radius 1 is 0.593 bits per heavy atom. The number of aryl methyl sites for hydroxylation is 2. The summed E-state index contributed by atoms with van der Waals surface area (Å²) in [4.78, 5) is 0. The number of hydrogen-bond donors (Lipinski definition) is 0. The van der Waals surface area contributed by atoms with Gasteiger partial charge in [0.2, 0.25) is 0 Å². The van der Waals surface area contributed by atoms with Gasteiger partial charge < -0.3 is 24.8 Å². The molecule has 4 aliphatic rings. The van der Waals surface area contributed by atoms with E-state index in [4.69, 9.17) is 0 Å². The normalized spacial score (nSPS) is 17.2. The molecule has 278 valence electrons. The van der Waals surface area contributed by atoms with Gasteiger partial charge in [-0.25, -0.2) is 0 Å². The average molecular weight is 831 g/mol. The maximum Gasteiger partial charge on any atom is -1.00 e. The second kappa shape index (κ2) is 14.0. The van der Waals surface area contributed by atoms with Gasteiger partial charge in [-0.1, -0.05) is 0 Å². The molecule has 0 fully saturated rings. The Hall–Kier alpha value is -2.83. The zero-order valence-corrected chi connectivity index (χ0v) is 38.3. The molecule has 4 aliphatic carbocycles. The standard InChI is InChI=1S/C31H37.C15H14.C5H5.2ClH.Zr/c1-28(2,3)26-16-30(7,8)24-12-18-11-19-13-25-23(15-21(19)20(18)14-22(24)26)27(29(4,5)6)17-31(25,9)10;1-12-3-7-14(8-4-12)11-15-9-5-13(2)6-10-15;1-2-4-5-3-1;;;/h11-17H,1-10H3;3-10H,1-2H3;1-3H,4H2;2*1H;/q;;;;;+2/p-2. The minimum atomic E-state index is -2.86. The van der Waals surface area contributed by atoms with Gasteiger partial charge >= 0.3 is 324 Å². The van der Waals surface area contributed by atoms with Crippen LogP contribution in [0.5, 0.6) is 0 Å². The third kappa shape index (κ3) is 6.73. The summed E-state index contributed by atoms with van der Waals surface area (Å²) in [6, 6.07) is 29.7. The fourth-order valence-corrected chi connectivity index (χ4v) is 18.5. The van der Waals surface area contributed by atoms with E-state index in [2.05, 4.69) is 186 Å². The van der Waals surface area contributed by atoms with E-state index in [1.54, 1.807) is 17.6 Å². The van der Waals surface area contributed by atoms with Crippen molar-refractivity contribution in [3.05, 3.63) is 162 Å². The van der Waals surface area contributed by atoms with Crippen LogP contribution in [0.15, 0.2) is 106 Å². The Morgan fingerprint density at radius 2 is 1.00 bits per heavy atom. The van der Waals surface area contributed by atoms with Gasteiger partial charge in [0, 0.05) is 0 Å². The van der Waals surface area contributed by atoms with Gasteiger partial charge in [0.1, 0.15) is 0 Å². The molecule has 0 amide bonds. The molecule has 0 aromatic heterocycles. The van der Waals surface area contributed by atoms with Gasteiger partial charge in [-0.15, -0.1) is 0 Å². The largest absolute Gasteiger partial charge is 1.00 e.